The quantitative estimate of drug-likeness (QED) is 0.312. The molecule has 0 amide bonds. The van der Waals surface area contributed by atoms with E-state index in [0.29, 0.717) is 6.54 Å². The second-order valence-electron chi connectivity index (χ2n) is 4.56. The molecule has 0 aromatic carbocycles. The lowest BCUT2D eigenvalue weighted by Gasteiger charge is -2.43. The van der Waals surface area contributed by atoms with Crippen LogP contribution in [0.3, 0.4) is 0 Å². The molecule has 0 atom stereocenters. The minimum atomic E-state index is -0.448. The third-order valence-electron chi connectivity index (χ3n) is 3.30. The van der Waals surface area contributed by atoms with Gasteiger partial charge in [0.15, 0.2) is 5.84 Å². The third kappa shape index (κ3) is 2.82. The molecule has 0 saturated carbocycles. The summed E-state index contributed by atoms with van der Waals surface area (Å²) in [7, 11) is 0. The highest BCUT2D eigenvalue weighted by Crippen LogP contribution is 2.17. The fourth-order valence-electron chi connectivity index (χ4n) is 1.93. The van der Waals surface area contributed by atoms with Gasteiger partial charge in [-0.2, -0.15) is 0 Å². The average Bonchev–Trinajstić information content (AvgIpc) is 2.29. The topological polar surface area (TPSA) is 65.1 Å². The van der Waals surface area contributed by atoms with E-state index in [2.05, 4.69) is 15.0 Å². The number of alkyl halides is 1. The van der Waals surface area contributed by atoms with Crippen LogP contribution in [0.25, 0.3) is 0 Å². The molecule has 6 heteroatoms. The molecule has 0 aliphatic carbocycles. The van der Waals surface area contributed by atoms with Gasteiger partial charge in [0.05, 0.1) is 5.54 Å². The normalized spacial score (nSPS) is 21.3. The van der Waals surface area contributed by atoms with E-state index in [1.807, 2.05) is 13.8 Å². The molecule has 16 heavy (non-hydrogen) atoms. The van der Waals surface area contributed by atoms with E-state index < -0.39 is 5.54 Å². The summed E-state index contributed by atoms with van der Waals surface area (Å²) in [5, 5.41) is 11.8. The molecule has 1 rings (SSSR count). The minimum absolute atomic E-state index is 0.214. The van der Waals surface area contributed by atoms with E-state index in [-0.39, 0.29) is 12.5 Å². The van der Waals surface area contributed by atoms with Gasteiger partial charge in [0.25, 0.3) is 0 Å². The van der Waals surface area contributed by atoms with Crippen LogP contribution in [-0.4, -0.2) is 65.8 Å². The molecule has 1 heterocycles. The summed E-state index contributed by atoms with van der Waals surface area (Å²) in [6.45, 7) is 7.31. The molecule has 1 saturated heterocycles. The first-order chi connectivity index (χ1) is 7.52. The molecule has 1 aliphatic rings. The van der Waals surface area contributed by atoms with Gasteiger partial charge in [-0.05, 0) is 13.8 Å². The maximum atomic E-state index is 12.2. The van der Waals surface area contributed by atoms with Crippen molar-refractivity contribution >= 4 is 5.84 Å². The first kappa shape index (κ1) is 13.2. The Hall–Kier alpha value is -0.880. The third-order valence-corrected chi connectivity index (χ3v) is 3.30. The van der Waals surface area contributed by atoms with Crippen LogP contribution in [0.5, 0.6) is 0 Å². The highest BCUT2D eigenvalue weighted by atomic mass is 19.1. The van der Waals surface area contributed by atoms with Crippen molar-refractivity contribution in [2.24, 2.45) is 10.9 Å². The smallest absolute Gasteiger partial charge is 0.159 e. The maximum Gasteiger partial charge on any atom is 0.159 e. The van der Waals surface area contributed by atoms with Gasteiger partial charge >= 0.3 is 0 Å². The number of hydrogen-bond donors (Lipinski definition) is 2. The van der Waals surface area contributed by atoms with Crippen molar-refractivity contribution < 1.29 is 9.60 Å². The van der Waals surface area contributed by atoms with Crippen molar-refractivity contribution in [3.05, 3.63) is 0 Å². The summed E-state index contributed by atoms with van der Waals surface area (Å²) in [6.07, 6.45) is 0. The number of amidine groups is 1. The Bertz CT molecular complexity index is 249. The summed E-state index contributed by atoms with van der Waals surface area (Å²) < 4.78 is 12.2. The van der Waals surface area contributed by atoms with E-state index in [9.17, 15) is 4.39 Å². The summed E-state index contributed by atoms with van der Waals surface area (Å²) in [4.78, 5) is 4.23. The summed E-state index contributed by atoms with van der Waals surface area (Å²) >= 11 is 0. The summed E-state index contributed by atoms with van der Waals surface area (Å²) in [5.74, 6) is 0.214. The van der Waals surface area contributed by atoms with Gasteiger partial charge < -0.3 is 10.9 Å². The van der Waals surface area contributed by atoms with Gasteiger partial charge in [-0.15, -0.1) is 0 Å². The molecule has 0 spiro atoms. The van der Waals surface area contributed by atoms with E-state index in [0.717, 1.165) is 26.2 Å². The van der Waals surface area contributed by atoms with E-state index in [1.54, 1.807) is 0 Å². The molecule has 1 fully saturated rings. The van der Waals surface area contributed by atoms with Crippen LogP contribution >= 0.6 is 0 Å². The fraction of sp³-hybridized carbons (Fsp3) is 0.900. The van der Waals surface area contributed by atoms with Gasteiger partial charge in [-0.25, -0.2) is 4.39 Å². The Morgan fingerprint density at radius 3 is 2.38 bits per heavy atom. The summed E-state index contributed by atoms with van der Waals surface area (Å²) in [5.41, 5.74) is 5.21. The van der Waals surface area contributed by atoms with Crippen molar-refractivity contribution in [1.82, 2.24) is 9.80 Å². The predicted octanol–water partition coefficient (Wildman–Crippen LogP) is 0.0985. The highest BCUT2D eigenvalue weighted by molar-refractivity contribution is 5.88. The Morgan fingerprint density at radius 1 is 1.38 bits per heavy atom. The van der Waals surface area contributed by atoms with Gasteiger partial charge in [0.1, 0.15) is 6.67 Å². The van der Waals surface area contributed by atoms with Crippen molar-refractivity contribution in [3.63, 3.8) is 0 Å². The van der Waals surface area contributed by atoms with Crippen LogP contribution in [0.15, 0.2) is 5.16 Å². The first-order valence-corrected chi connectivity index (χ1v) is 5.53. The maximum absolute atomic E-state index is 12.2. The lowest BCUT2D eigenvalue weighted by atomic mass is 10.0. The number of piperazine rings is 1. The first-order valence-electron chi connectivity index (χ1n) is 5.53. The number of hydrogen-bond acceptors (Lipinski definition) is 4. The SMILES string of the molecule is CC(C)(C(N)=NO)N1CCN(CCF)CC1. The zero-order valence-corrected chi connectivity index (χ0v) is 9.99. The van der Waals surface area contributed by atoms with Gasteiger partial charge in [-0.3, -0.25) is 9.80 Å². The van der Waals surface area contributed by atoms with Crippen molar-refractivity contribution in [1.29, 1.82) is 0 Å². The fourth-order valence-corrected chi connectivity index (χ4v) is 1.93. The van der Waals surface area contributed by atoms with Crippen LogP contribution < -0.4 is 5.73 Å². The molecule has 0 aromatic rings. The standard InChI is InChI=1S/C10H21FN4O/c1-10(2,9(12)13-16)15-7-5-14(4-3-11)6-8-15/h16H,3-8H2,1-2H3,(H2,12,13). The molecule has 1 aliphatic heterocycles. The molecule has 0 aromatic heterocycles. The zero-order valence-electron chi connectivity index (χ0n) is 9.99. The molecule has 0 bridgehead atoms. The highest BCUT2D eigenvalue weighted by Gasteiger charge is 2.33. The van der Waals surface area contributed by atoms with E-state index in [1.165, 1.54) is 0 Å². The Balaban J connectivity index is 2.53. The van der Waals surface area contributed by atoms with Crippen molar-refractivity contribution in [2.75, 3.05) is 39.4 Å². The zero-order chi connectivity index (χ0) is 12.2. The molecule has 94 valence electrons. The van der Waals surface area contributed by atoms with E-state index >= 15 is 0 Å². The number of nitrogens with zero attached hydrogens (tertiary/aromatic N) is 3. The molecule has 5 nitrogen and oxygen atoms in total. The number of nitrogens with two attached hydrogens (primary N) is 1. The minimum Gasteiger partial charge on any atom is -0.409 e. The molecular formula is C10H21FN4O. The van der Waals surface area contributed by atoms with Crippen LogP contribution in [0.2, 0.25) is 0 Å². The van der Waals surface area contributed by atoms with Crippen LogP contribution in [0.4, 0.5) is 4.39 Å². The molecule has 0 unspecified atom stereocenters. The lowest BCUT2D eigenvalue weighted by Crippen LogP contribution is -2.59. The van der Waals surface area contributed by atoms with Crippen LogP contribution in [0, 0.1) is 0 Å². The Morgan fingerprint density at radius 2 is 1.94 bits per heavy atom. The van der Waals surface area contributed by atoms with Crippen molar-refractivity contribution in [2.45, 2.75) is 19.4 Å². The average molecular weight is 232 g/mol. The predicted molar refractivity (Wildman–Crippen MR) is 61.5 cm³/mol. The lowest BCUT2D eigenvalue weighted by molar-refractivity contribution is 0.0799. The summed E-state index contributed by atoms with van der Waals surface area (Å²) in [6, 6.07) is 0. The number of rotatable bonds is 4. The largest absolute Gasteiger partial charge is 0.409 e. The number of halogens is 1. The second kappa shape index (κ2) is 5.45. The molecule has 3 N–H and O–H groups in total. The van der Waals surface area contributed by atoms with Gasteiger partial charge in [0.2, 0.25) is 0 Å². The van der Waals surface area contributed by atoms with Crippen molar-refractivity contribution in [3.8, 4) is 0 Å². The van der Waals surface area contributed by atoms with Gasteiger partial charge in [0, 0.05) is 32.7 Å². The Labute approximate surface area is 95.7 Å². The number of oxime groups is 1. The van der Waals surface area contributed by atoms with Crippen LogP contribution in [0.1, 0.15) is 13.8 Å². The Kier molecular flexibility index (Phi) is 4.49. The van der Waals surface area contributed by atoms with Gasteiger partial charge in [-0.1, -0.05) is 5.16 Å². The van der Waals surface area contributed by atoms with E-state index in [4.69, 9.17) is 10.9 Å². The van der Waals surface area contributed by atoms with Crippen LogP contribution in [-0.2, 0) is 0 Å². The second-order valence-corrected chi connectivity index (χ2v) is 4.56. The monoisotopic (exact) mass is 232 g/mol. The molecule has 0 radical (unpaired) electrons. The molecular weight excluding hydrogens is 211 g/mol.